The molecule has 0 aliphatic rings. The van der Waals surface area contributed by atoms with Crippen LogP contribution in [0.2, 0.25) is 0 Å². The van der Waals surface area contributed by atoms with E-state index in [0.717, 1.165) is 12.3 Å². The number of halogens is 1. The first-order valence-electron chi connectivity index (χ1n) is 6.24. The summed E-state index contributed by atoms with van der Waals surface area (Å²) in [4.78, 5) is 12.0. The molecule has 1 amide bonds. The lowest BCUT2D eigenvalue weighted by Gasteiger charge is -2.25. The van der Waals surface area contributed by atoms with Crippen molar-refractivity contribution >= 4 is 27.3 Å². The molecule has 1 rings (SSSR count). The monoisotopic (exact) mass is 317 g/mol. The molecule has 0 aliphatic carbocycles. The van der Waals surface area contributed by atoms with Gasteiger partial charge in [-0.1, -0.05) is 20.8 Å². The third-order valence-electron chi connectivity index (χ3n) is 2.74. The first-order chi connectivity index (χ1) is 9.40. The first-order valence-corrected chi connectivity index (χ1v) is 8.13. The number of nitrogens with one attached hydrogen (secondary N) is 2. The van der Waals surface area contributed by atoms with E-state index in [4.69, 9.17) is 5.73 Å². The molecule has 4 N–H and O–H groups in total. The van der Waals surface area contributed by atoms with E-state index in [2.05, 4.69) is 5.32 Å². The molecule has 6 nitrogen and oxygen atoms in total. The minimum absolute atomic E-state index is 0.236. The number of sulfonamides is 1. The normalized spacial score (nSPS) is 13.6. The number of carbonyl (C=O) groups is 1. The van der Waals surface area contributed by atoms with Crippen molar-refractivity contribution in [1.82, 2.24) is 0 Å². The molecule has 0 saturated carbocycles. The quantitative estimate of drug-likeness (QED) is 0.783. The number of amides is 1. The second-order valence-electron chi connectivity index (χ2n) is 5.90. The van der Waals surface area contributed by atoms with E-state index in [0.29, 0.717) is 0 Å². The van der Waals surface area contributed by atoms with Crippen molar-refractivity contribution < 1.29 is 17.6 Å². The summed E-state index contributed by atoms with van der Waals surface area (Å²) < 4.78 is 37.8. The van der Waals surface area contributed by atoms with Gasteiger partial charge in [-0.3, -0.25) is 9.52 Å². The van der Waals surface area contributed by atoms with Gasteiger partial charge >= 0.3 is 0 Å². The van der Waals surface area contributed by atoms with Crippen LogP contribution in [0.25, 0.3) is 0 Å². The summed E-state index contributed by atoms with van der Waals surface area (Å²) in [6.07, 6.45) is 0.910. The summed E-state index contributed by atoms with van der Waals surface area (Å²) in [6.45, 7) is 5.45. The average Bonchev–Trinajstić information content (AvgIpc) is 2.29. The molecule has 0 radical (unpaired) electrons. The zero-order valence-corrected chi connectivity index (χ0v) is 13.2. The third kappa shape index (κ3) is 5.31. The molecule has 0 heterocycles. The van der Waals surface area contributed by atoms with Crippen LogP contribution in [0.3, 0.4) is 0 Å². The van der Waals surface area contributed by atoms with Gasteiger partial charge in [-0.2, -0.15) is 0 Å². The zero-order valence-electron chi connectivity index (χ0n) is 12.4. The number of hydrogen-bond acceptors (Lipinski definition) is 4. The van der Waals surface area contributed by atoms with E-state index in [9.17, 15) is 17.6 Å². The van der Waals surface area contributed by atoms with Crippen LogP contribution in [0, 0.1) is 11.2 Å². The van der Waals surface area contributed by atoms with Gasteiger partial charge in [0.2, 0.25) is 15.9 Å². The molecular weight excluding hydrogens is 297 g/mol. The fourth-order valence-corrected chi connectivity index (χ4v) is 2.05. The van der Waals surface area contributed by atoms with E-state index in [-0.39, 0.29) is 11.4 Å². The lowest BCUT2D eigenvalue weighted by molar-refractivity contribution is -0.119. The highest BCUT2D eigenvalue weighted by atomic mass is 32.2. The SMILES string of the molecule is CC(C)(C)[C@H](N)C(=O)Nc1ccc(F)c(NS(C)(=O)=O)c1. The summed E-state index contributed by atoms with van der Waals surface area (Å²) in [5.74, 6) is -1.17. The Morgan fingerprint density at radius 1 is 1.33 bits per heavy atom. The van der Waals surface area contributed by atoms with Crippen molar-refractivity contribution in [2.75, 3.05) is 16.3 Å². The van der Waals surface area contributed by atoms with Crippen LogP contribution in [-0.4, -0.2) is 26.6 Å². The molecule has 0 unspecified atom stereocenters. The van der Waals surface area contributed by atoms with Crippen LogP contribution in [0.1, 0.15) is 20.8 Å². The third-order valence-corrected chi connectivity index (χ3v) is 3.34. The fraction of sp³-hybridized carbons (Fsp3) is 0.462. The summed E-state index contributed by atoms with van der Waals surface area (Å²) >= 11 is 0. The zero-order chi connectivity index (χ0) is 16.4. The minimum Gasteiger partial charge on any atom is -0.325 e. The van der Waals surface area contributed by atoms with Crippen molar-refractivity contribution in [2.24, 2.45) is 11.1 Å². The molecule has 1 aromatic carbocycles. The molecule has 0 aliphatic heterocycles. The van der Waals surface area contributed by atoms with Gasteiger partial charge in [0.15, 0.2) is 0 Å². The van der Waals surface area contributed by atoms with Gasteiger partial charge in [-0.05, 0) is 23.6 Å². The van der Waals surface area contributed by atoms with Gasteiger partial charge in [0.05, 0.1) is 18.0 Å². The lowest BCUT2D eigenvalue weighted by atomic mass is 9.87. The van der Waals surface area contributed by atoms with Crippen molar-refractivity contribution in [3.63, 3.8) is 0 Å². The van der Waals surface area contributed by atoms with E-state index in [1.165, 1.54) is 12.1 Å². The summed E-state index contributed by atoms with van der Waals surface area (Å²) in [7, 11) is -3.61. The highest BCUT2D eigenvalue weighted by molar-refractivity contribution is 7.92. The standard InChI is InChI=1S/C13H20FN3O3S/c1-13(2,3)11(15)12(18)16-8-5-6-9(14)10(7-8)17-21(4,19)20/h5-7,11,17H,15H2,1-4H3,(H,16,18)/t11-/m1/s1. The predicted octanol–water partition coefficient (Wildman–Crippen LogP) is 1.51. The summed E-state index contributed by atoms with van der Waals surface area (Å²) in [5, 5.41) is 2.54. The number of anilines is 2. The van der Waals surface area contributed by atoms with Gasteiger partial charge in [0.1, 0.15) is 5.82 Å². The predicted molar refractivity (Wildman–Crippen MR) is 80.9 cm³/mol. The Labute approximate surface area is 124 Å². The van der Waals surface area contributed by atoms with E-state index >= 15 is 0 Å². The Morgan fingerprint density at radius 2 is 1.90 bits per heavy atom. The number of hydrogen-bond donors (Lipinski definition) is 3. The molecule has 8 heteroatoms. The van der Waals surface area contributed by atoms with E-state index in [1.54, 1.807) is 0 Å². The maximum Gasteiger partial charge on any atom is 0.241 e. The Bertz CT molecular complexity index is 639. The molecular formula is C13H20FN3O3S. The Morgan fingerprint density at radius 3 is 2.38 bits per heavy atom. The van der Waals surface area contributed by atoms with Crippen molar-refractivity contribution in [2.45, 2.75) is 26.8 Å². The van der Waals surface area contributed by atoms with Crippen molar-refractivity contribution in [1.29, 1.82) is 0 Å². The number of benzene rings is 1. The first kappa shape index (κ1) is 17.4. The van der Waals surface area contributed by atoms with Gasteiger partial charge in [-0.15, -0.1) is 0 Å². The van der Waals surface area contributed by atoms with Crippen LogP contribution in [0.15, 0.2) is 18.2 Å². The average molecular weight is 317 g/mol. The topological polar surface area (TPSA) is 101 Å². The smallest absolute Gasteiger partial charge is 0.241 e. The second-order valence-corrected chi connectivity index (χ2v) is 7.65. The largest absolute Gasteiger partial charge is 0.325 e. The van der Waals surface area contributed by atoms with Crippen LogP contribution in [-0.2, 0) is 14.8 Å². The highest BCUT2D eigenvalue weighted by Crippen LogP contribution is 2.22. The molecule has 0 saturated heterocycles. The van der Waals surface area contributed by atoms with Crippen LogP contribution < -0.4 is 15.8 Å². The van der Waals surface area contributed by atoms with Crippen molar-refractivity contribution in [3.05, 3.63) is 24.0 Å². The number of carbonyl (C=O) groups excluding carboxylic acids is 1. The fourth-order valence-electron chi connectivity index (χ4n) is 1.49. The number of nitrogens with two attached hydrogens (primary N) is 1. The molecule has 1 atom stereocenters. The molecule has 0 bridgehead atoms. The van der Waals surface area contributed by atoms with Gasteiger partial charge in [0, 0.05) is 5.69 Å². The van der Waals surface area contributed by atoms with E-state index in [1.807, 2.05) is 25.5 Å². The highest BCUT2D eigenvalue weighted by Gasteiger charge is 2.27. The molecule has 118 valence electrons. The van der Waals surface area contributed by atoms with Gasteiger partial charge in [0.25, 0.3) is 0 Å². The summed E-state index contributed by atoms with van der Waals surface area (Å²) in [5.41, 5.74) is 5.40. The Balaban J connectivity index is 2.96. The maximum atomic E-state index is 13.5. The van der Waals surface area contributed by atoms with Crippen LogP contribution in [0.5, 0.6) is 0 Å². The second kappa shape index (κ2) is 5.98. The maximum absolute atomic E-state index is 13.5. The Kier molecular flexibility index (Phi) is 4.95. The number of rotatable bonds is 4. The molecule has 1 aromatic rings. The van der Waals surface area contributed by atoms with Gasteiger partial charge < -0.3 is 11.1 Å². The minimum atomic E-state index is -3.61. The van der Waals surface area contributed by atoms with Crippen LogP contribution >= 0.6 is 0 Å². The van der Waals surface area contributed by atoms with E-state index < -0.39 is 33.2 Å². The Hall–Kier alpha value is -1.67. The molecule has 0 aromatic heterocycles. The molecule has 0 fully saturated rings. The van der Waals surface area contributed by atoms with Crippen LogP contribution in [0.4, 0.5) is 15.8 Å². The summed E-state index contributed by atoms with van der Waals surface area (Å²) in [6, 6.07) is 2.83. The molecule has 0 spiro atoms. The van der Waals surface area contributed by atoms with Gasteiger partial charge in [-0.25, -0.2) is 12.8 Å². The lowest BCUT2D eigenvalue weighted by Crippen LogP contribution is -2.45. The molecule has 21 heavy (non-hydrogen) atoms. The van der Waals surface area contributed by atoms with Crippen molar-refractivity contribution in [3.8, 4) is 0 Å².